The molecule has 6 heteroatoms. The Balaban J connectivity index is 1.68. The number of nitrogens with one attached hydrogen (secondary N) is 1. The Morgan fingerprint density at radius 2 is 1.64 bits per heavy atom. The summed E-state index contributed by atoms with van der Waals surface area (Å²) in [4.78, 5) is 23.9. The molecule has 0 aliphatic carbocycles. The molecule has 0 bridgehead atoms. The fourth-order valence-corrected chi connectivity index (χ4v) is 2.50. The lowest BCUT2D eigenvalue weighted by atomic mass is 10.0. The van der Waals surface area contributed by atoms with Crippen molar-refractivity contribution in [2.75, 3.05) is 13.2 Å². The first kappa shape index (κ1) is 21.4. The Morgan fingerprint density at radius 3 is 2.25 bits per heavy atom. The molecule has 0 aliphatic heterocycles. The molecule has 150 valence electrons. The predicted octanol–water partition coefficient (Wildman–Crippen LogP) is 3.62. The van der Waals surface area contributed by atoms with Gasteiger partial charge in [0.15, 0.2) is 12.7 Å². The minimum absolute atomic E-state index is 0.270. The number of hydrogen-bond acceptors (Lipinski definition) is 4. The second-order valence-electron chi connectivity index (χ2n) is 6.81. The Labute approximate surface area is 164 Å². The molecule has 0 unspecified atom stereocenters. The minimum Gasteiger partial charge on any atom is -0.482 e. The van der Waals surface area contributed by atoms with E-state index >= 15 is 0 Å². The largest absolute Gasteiger partial charge is 0.482 e. The number of ether oxygens (including phenoxy) is 2. The van der Waals surface area contributed by atoms with Crippen molar-refractivity contribution in [1.82, 2.24) is 5.32 Å². The Morgan fingerprint density at radius 1 is 1.00 bits per heavy atom. The van der Waals surface area contributed by atoms with Gasteiger partial charge in [-0.25, -0.2) is 9.18 Å². The van der Waals surface area contributed by atoms with Gasteiger partial charge in [0, 0.05) is 6.54 Å². The van der Waals surface area contributed by atoms with Crippen molar-refractivity contribution in [3.8, 4) is 5.75 Å². The number of rotatable bonds is 9. The van der Waals surface area contributed by atoms with Gasteiger partial charge in [0.2, 0.25) is 0 Å². The number of halogens is 1. The second-order valence-corrected chi connectivity index (χ2v) is 6.81. The van der Waals surface area contributed by atoms with Crippen molar-refractivity contribution >= 4 is 11.9 Å². The van der Waals surface area contributed by atoms with Crippen LogP contribution in [0.3, 0.4) is 0 Å². The van der Waals surface area contributed by atoms with E-state index in [0.717, 1.165) is 5.56 Å². The fraction of sp³-hybridized carbons (Fsp3) is 0.364. The summed E-state index contributed by atoms with van der Waals surface area (Å²) in [6, 6.07) is 13.6. The number of amides is 1. The van der Waals surface area contributed by atoms with Gasteiger partial charge in [0.1, 0.15) is 11.6 Å². The van der Waals surface area contributed by atoms with Crippen molar-refractivity contribution in [2.45, 2.75) is 39.2 Å². The molecule has 5 nitrogen and oxygen atoms in total. The Hall–Kier alpha value is -2.89. The van der Waals surface area contributed by atoms with Gasteiger partial charge >= 0.3 is 5.97 Å². The zero-order valence-corrected chi connectivity index (χ0v) is 16.4. The van der Waals surface area contributed by atoms with Crippen LogP contribution in [0.15, 0.2) is 48.5 Å². The van der Waals surface area contributed by atoms with E-state index in [-0.39, 0.29) is 12.4 Å². The average Bonchev–Trinajstić information content (AvgIpc) is 2.68. The molecule has 2 rings (SSSR count). The third-order valence-corrected chi connectivity index (χ3v) is 4.21. The zero-order chi connectivity index (χ0) is 20.5. The van der Waals surface area contributed by atoms with Gasteiger partial charge in [-0.3, -0.25) is 4.79 Å². The summed E-state index contributed by atoms with van der Waals surface area (Å²) in [5.41, 5.74) is 2.09. The van der Waals surface area contributed by atoms with Gasteiger partial charge in [0.25, 0.3) is 5.91 Å². The van der Waals surface area contributed by atoms with Crippen LogP contribution in [-0.4, -0.2) is 31.1 Å². The highest BCUT2D eigenvalue weighted by molar-refractivity contribution is 5.83. The van der Waals surface area contributed by atoms with Crippen molar-refractivity contribution in [3.63, 3.8) is 0 Å². The van der Waals surface area contributed by atoms with Crippen LogP contribution in [0.4, 0.5) is 4.39 Å². The Kier molecular flexibility index (Phi) is 7.99. The van der Waals surface area contributed by atoms with E-state index in [0.29, 0.717) is 24.6 Å². The third kappa shape index (κ3) is 7.02. The first-order chi connectivity index (χ1) is 13.3. The number of benzene rings is 2. The fourth-order valence-electron chi connectivity index (χ4n) is 2.50. The number of esters is 1. The molecule has 28 heavy (non-hydrogen) atoms. The summed E-state index contributed by atoms with van der Waals surface area (Å²) >= 11 is 0. The van der Waals surface area contributed by atoms with Gasteiger partial charge < -0.3 is 14.8 Å². The maximum Gasteiger partial charge on any atom is 0.344 e. The molecule has 2 aromatic rings. The molecule has 0 aromatic heterocycles. The van der Waals surface area contributed by atoms with Crippen molar-refractivity contribution in [1.29, 1.82) is 0 Å². The standard InChI is InChI=1S/C22H26FNO4/c1-15(2)18-6-10-20(11-7-18)27-14-21(25)28-16(3)22(26)24-13-12-17-4-8-19(23)9-5-17/h4-11,15-16H,12-14H2,1-3H3,(H,24,26)/t16-/m1/s1. The molecule has 0 fully saturated rings. The molecule has 2 aromatic carbocycles. The van der Waals surface area contributed by atoms with Gasteiger partial charge in [-0.15, -0.1) is 0 Å². The van der Waals surface area contributed by atoms with E-state index < -0.39 is 18.0 Å². The maximum atomic E-state index is 12.9. The molecule has 1 atom stereocenters. The summed E-state index contributed by atoms with van der Waals surface area (Å²) in [5.74, 6) is -0.323. The van der Waals surface area contributed by atoms with Crippen LogP contribution in [0.2, 0.25) is 0 Å². The molecule has 0 spiro atoms. The predicted molar refractivity (Wildman–Crippen MR) is 105 cm³/mol. The third-order valence-electron chi connectivity index (χ3n) is 4.21. The van der Waals surface area contributed by atoms with Gasteiger partial charge in [-0.1, -0.05) is 38.1 Å². The molecular formula is C22H26FNO4. The maximum absolute atomic E-state index is 12.9. The van der Waals surface area contributed by atoms with E-state index in [2.05, 4.69) is 19.2 Å². The highest BCUT2D eigenvalue weighted by atomic mass is 19.1. The quantitative estimate of drug-likeness (QED) is 0.668. The van der Waals surface area contributed by atoms with Gasteiger partial charge in [-0.05, 0) is 54.7 Å². The zero-order valence-electron chi connectivity index (χ0n) is 16.4. The van der Waals surface area contributed by atoms with Gasteiger partial charge in [0.05, 0.1) is 0 Å². The average molecular weight is 387 g/mol. The van der Waals surface area contributed by atoms with Crippen LogP contribution in [0.1, 0.15) is 37.8 Å². The summed E-state index contributed by atoms with van der Waals surface area (Å²) in [6.45, 7) is 5.79. The van der Waals surface area contributed by atoms with Gasteiger partial charge in [-0.2, -0.15) is 0 Å². The minimum atomic E-state index is -0.923. The lowest BCUT2D eigenvalue weighted by molar-refractivity contribution is -0.156. The smallest absolute Gasteiger partial charge is 0.344 e. The lowest BCUT2D eigenvalue weighted by Gasteiger charge is -2.14. The highest BCUT2D eigenvalue weighted by Gasteiger charge is 2.17. The molecule has 0 saturated carbocycles. The van der Waals surface area contributed by atoms with Crippen LogP contribution >= 0.6 is 0 Å². The molecule has 0 aliphatic rings. The van der Waals surface area contributed by atoms with E-state index in [9.17, 15) is 14.0 Å². The summed E-state index contributed by atoms with van der Waals surface area (Å²) in [7, 11) is 0. The van der Waals surface area contributed by atoms with Crippen LogP contribution in [0.25, 0.3) is 0 Å². The van der Waals surface area contributed by atoms with E-state index in [1.807, 2.05) is 12.1 Å². The van der Waals surface area contributed by atoms with E-state index in [1.54, 1.807) is 24.3 Å². The SMILES string of the molecule is CC(C)c1ccc(OCC(=O)O[C@H](C)C(=O)NCCc2ccc(F)cc2)cc1. The van der Waals surface area contributed by atoms with Crippen LogP contribution in [-0.2, 0) is 20.7 Å². The van der Waals surface area contributed by atoms with Crippen molar-refractivity contribution < 1.29 is 23.5 Å². The van der Waals surface area contributed by atoms with Crippen molar-refractivity contribution in [2.24, 2.45) is 0 Å². The second kappa shape index (κ2) is 10.4. The van der Waals surface area contributed by atoms with E-state index in [1.165, 1.54) is 24.6 Å². The number of hydrogen-bond donors (Lipinski definition) is 1. The lowest BCUT2D eigenvalue weighted by Crippen LogP contribution is -2.37. The normalized spacial score (nSPS) is 11.8. The van der Waals surface area contributed by atoms with Crippen molar-refractivity contribution in [3.05, 3.63) is 65.5 Å². The number of carbonyl (C=O) groups excluding carboxylic acids is 2. The first-order valence-corrected chi connectivity index (χ1v) is 9.29. The topological polar surface area (TPSA) is 64.6 Å². The first-order valence-electron chi connectivity index (χ1n) is 9.29. The molecule has 1 amide bonds. The summed E-state index contributed by atoms with van der Waals surface area (Å²) in [5, 5.41) is 2.69. The summed E-state index contributed by atoms with van der Waals surface area (Å²) < 4.78 is 23.3. The molecule has 1 N–H and O–H groups in total. The molecular weight excluding hydrogens is 361 g/mol. The van der Waals surface area contributed by atoms with Crippen LogP contribution in [0.5, 0.6) is 5.75 Å². The highest BCUT2D eigenvalue weighted by Crippen LogP contribution is 2.18. The van der Waals surface area contributed by atoms with Crippen LogP contribution in [0, 0.1) is 5.82 Å². The monoisotopic (exact) mass is 387 g/mol. The Bertz CT molecular complexity index is 772. The molecule has 0 saturated heterocycles. The summed E-state index contributed by atoms with van der Waals surface area (Å²) in [6.07, 6.45) is -0.366. The van der Waals surface area contributed by atoms with Crippen LogP contribution < -0.4 is 10.1 Å². The molecule has 0 radical (unpaired) electrons. The molecule has 0 heterocycles. The number of carbonyl (C=O) groups is 2. The van der Waals surface area contributed by atoms with E-state index in [4.69, 9.17) is 9.47 Å².